The molecule has 1 aromatic rings. The van der Waals surface area contributed by atoms with Crippen molar-refractivity contribution in [3.8, 4) is 0 Å². The first-order valence-corrected chi connectivity index (χ1v) is 5.64. The summed E-state index contributed by atoms with van der Waals surface area (Å²) in [7, 11) is 0. The van der Waals surface area contributed by atoms with Gasteiger partial charge in [-0.1, -0.05) is 12.1 Å². The van der Waals surface area contributed by atoms with Crippen molar-refractivity contribution in [3.05, 3.63) is 35.6 Å². The van der Waals surface area contributed by atoms with E-state index in [-0.39, 0.29) is 19.5 Å². The van der Waals surface area contributed by atoms with E-state index in [0.717, 1.165) is 0 Å². The third-order valence-electron chi connectivity index (χ3n) is 2.35. The largest absolute Gasteiger partial charge is 0.340 e. The molecular weight excluding hydrogens is 239 g/mol. The van der Waals surface area contributed by atoms with Crippen molar-refractivity contribution in [1.29, 1.82) is 0 Å². The summed E-state index contributed by atoms with van der Waals surface area (Å²) in [5.74, 6) is -3.07. The maximum absolute atomic E-state index is 12.9. The zero-order valence-corrected chi connectivity index (χ0v) is 10.3. The third-order valence-corrected chi connectivity index (χ3v) is 2.35. The Morgan fingerprint density at radius 1 is 1.22 bits per heavy atom. The Labute approximate surface area is 105 Å². The fourth-order valence-corrected chi connectivity index (χ4v) is 1.65. The smallest absolute Gasteiger partial charge is 0.264 e. The summed E-state index contributed by atoms with van der Waals surface area (Å²) in [4.78, 5) is 22.5. The number of ketones is 1. The predicted molar refractivity (Wildman–Crippen MR) is 62.4 cm³/mol. The van der Waals surface area contributed by atoms with Crippen molar-refractivity contribution in [2.24, 2.45) is 0 Å². The van der Waals surface area contributed by atoms with Crippen molar-refractivity contribution in [2.75, 3.05) is 13.2 Å². The molecule has 0 spiro atoms. The van der Waals surface area contributed by atoms with E-state index in [1.807, 2.05) is 0 Å². The normalized spacial score (nSPS) is 11.3. The maximum atomic E-state index is 12.9. The number of carbonyl (C=O) groups excluding carboxylic acids is 2. The minimum absolute atomic E-state index is 0.147. The molecule has 5 heteroatoms. The fourth-order valence-electron chi connectivity index (χ4n) is 1.65. The van der Waals surface area contributed by atoms with E-state index in [9.17, 15) is 14.0 Å². The van der Waals surface area contributed by atoms with Gasteiger partial charge in [-0.2, -0.15) is 0 Å². The molecule has 4 nitrogen and oxygen atoms in total. The summed E-state index contributed by atoms with van der Waals surface area (Å²) in [5.41, 5.74) is 0.296. The first-order valence-electron chi connectivity index (χ1n) is 5.64. The molecule has 0 atom stereocenters. The SMILES string of the molecule is CCOC(OCC)(C(=O)C=O)c1ccc(F)cc1. The van der Waals surface area contributed by atoms with Crippen LogP contribution in [0.4, 0.5) is 4.39 Å². The van der Waals surface area contributed by atoms with Gasteiger partial charge in [0.15, 0.2) is 6.29 Å². The van der Waals surface area contributed by atoms with E-state index >= 15 is 0 Å². The average molecular weight is 254 g/mol. The van der Waals surface area contributed by atoms with Gasteiger partial charge in [0.1, 0.15) is 5.82 Å². The zero-order valence-electron chi connectivity index (χ0n) is 10.3. The Morgan fingerprint density at radius 3 is 2.11 bits per heavy atom. The number of rotatable bonds is 7. The van der Waals surface area contributed by atoms with E-state index < -0.39 is 17.4 Å². The van der Waals surface area contributed by atoms with Crippen LogP contribution in [0.15, 0.2) is 24.3 Å². The lowest BCUT2D eigenvalue weighted by Crippen LogP contribution is -2.42. The van der Waals surface area contributed by atoms with Crippen molar-refractivity contribution >= 4 is 12.1 Å². The number of hydrogen-bond acceptors (Lipinski definition) is 4. The van der Waals surface area contributed by atoms with Gasteiger partial charge in [-0.15, -0.1) is 0 Å². The van der Waals surface area contributed by atoms with Crippen LogP contribution in [-0.4, -0.2) is 25.3 Å². The molecule has 0 N–H and O–H groups in total. The number of ether oxygens (including phenoxy) is 2. The van der Waals surface area contributed by atoms with Gasteiger partial charge in [-0.25, -0.2) is 4.39 Å². The Morgan fingerprint density at radius 2 is 1.72 bits per heavy atom. The molecule has 1 rings (SSSR count). The molecule has 0 heterocycles. The summed E-state index contributed by atoms with van der Waals surface area (Å²) in [6.45, 7) is 3.71. The zero-order chi connectivity index (χ0) is 13.6. The second-order valence-electron chi connectivity index (χ2n) is 3.47. The highest BCUT2D eigenvalue weighted by Crippen LogP contribution is 2.28. The summed E-state index contributed by atoms with van der Waals surface area (Å²) < 4.78 is 23.5. The van der Waals surface area contributed by atoms with Gasteiger partial charge in [0.25, 0.3) is 11.6 Å². The van der Waals surface area contributed by atoms with Gasteiger partial charge in [0, 0.05) is 18.8 Å². The molecule has 0 radical (unpaired) electrons. The van der Waals surface area contributed by atoms with Crippen molar-refractivity contribution < 1.29 is 23.5 Å². The molecule has 0 unspecified atom stereocenters. The van der Waals surface area contributed by atoms with Crippen molar-refractivity contribution in [1.82, 2.24) is 0 Å². The van der Waals surface area contributed by atoms with Gasteiger partial charge in [-0.05, 0) is 26.0 Å². The molecule has 0 bridgehead atoms. The minimum atomic E-state index is -1.78. The first-order chi connectivity index (χ1) is 8.60. The molecule has 0 saturated carbocycles. The van der Waals surface area contributed by atoms with Crippen molar-refractivity contribution in [2.45, 2.75) is 19.6 Å². The standard InChI is InChI=1S/C13H15FO4/c1-3-17-13(18-4-2,12(16)9-15)10-5-7-11(14)8-6-10/h5-9H,3-4H2,1-2H3. The van der Waals surface area contributed by atoms with Crippen LogP contribution >= 0.6 is 0 Å². The quantitative estimate of drug-likeness (QED) is 0.423. The Kier molecular flexibility index (Phi) is 5.12. The number of hydrogen-bond donors (Lipinski definition) is 0. The number of carbonyl (C=O) groups is 2. The molecule has 0 aliphatic heterocycles. The van der Waals surface area contributed by atoms with Crippen LogP contribution in [0.2, 0.25) is 0 Å². The van der Waals surface area contributed by atoms with Gasteiger partial charge in [0.2, 0.25) is 0 Å². The second-order valence-corrected chi connectivity index (χ2v) is 3.47. The van der Waals surface area contributed by atoms with E-state index in [1.54, 1.807) is 13.8 Å². The van der Waals surface area contributed by atoms with Crippen LogP contribution in [0.1, 0.15) is 19.4 Å². The van der Waals surface area contributed by atoms with E-state index in [1.165, 1.54) is 24.3 Å². The van der Waals surface area contributed by atoms with Gasteiger partial charge in [0.05, 0.1) is 0 Å². The van der Waals surface area contributed by atoms with E-state index in [2.05, 4.69) is 0 Å². The van der Waals surface area contributed by atoms with E-state index in [0.29, 0.717) is 5.56 Å². The lowest BCUT2D eigenvalue weighted by molar-refractivity contribution is -0.230. The highest BCUT2D eigenvalue weighted by molar-refractivity contribution is 6.28. The highest BCUT2D eigenvalue weighted by atomic mass is 19.1. The molecule has 0 amide bonds. The number of benzene rings is 1. The van der Waals surface area contributed by atoms with Gasteiger partial charge >= 0.3 is 0 Å². The predicted octanol–water partition coefficient (Wildman–Crippen LogP) is 1.82. The molecule has 0 fully saturated rings. The summed E-state index contributed by atoms with van der Waals surface area (Å²) in [6.07, 6.45) is 0.147. The van der Waals surface area contributed by atoms with Crippen molar-refractivity contribution in [3.63, 3.8) is 0 Å². The molecular formula is C13H15FO4. The lowest BCUT2D eigenvalue weighted by atomic mass is 10.0. The first kappa shape index (κ1) is 14.5. The molecule has 0 aliphatic rings. The minimum Gasteiger partial charge on any atom is -0.340 e. The van der Waals surface area contributed by atoms with Gasteiger partial charge in [-0.3, -0.25) is 9.59 Å². The van der Waals surface area contributed by atoms with Crippen LogP contribution < -0.4 is 0 Å². The lowest BCUT2D eigenvalue weighted by Gasteiger charge is -2.30. The van der Waals surface area contributed by atoms with Gasteiger partial charge < -0.3 is 9.47 Å². The number of halogens is 1. The molecule has 0 saturated heterocycles. The monoisotopic (exact) mass is 254 g/mol. The molecule has 98 valence electrons. The Bertz CT molecular complexity index is 408. The summed E-state index contributed by atoms with van der Waals surface area (Å²) in [5, 5.41) is 0. The highest BCUT2D eigenvalue weighted by Gasteiger charge is 2.42. The molecule has 1 aromatic carbocycles. The third kappa shape index (κ3) is 2.80. The number of aldehydes is 1. The average Bonchev–Trinajstić information content (AvgIpc) is 2.38. The van der Waals surface area contributed by atoms with Crippen LogP contribution in [0, 0.1) is 5.82 Å². The fraction of sp³-hybridized carbons (Fsp3) is 0.385. The molecule has 18 heavy (non-hydrogen) atoms. The second kappa shape index (κ2) is 6.37. The van der Waals surface area contributed by atoms with Crippen LogP contribution in [0.3, 0.4) is 0 Å². The summed E-state index contributed by atoms with van der Waals surface area (Å²) >= 11 is 0. The van der Waals surface area contributed by atoms with Crippen LogP contribution in [0.5, 0.6) is 0 Å². The molecule has 0 aliphatic carbocycles. The topological polar surface area (TPSA) is 52.6 Å². The summed E-state index contributed by atoms with van der Waals surface area (Å²) in [6, 6.07) is 5.09. The van der Waals surface area contributed by atoms with E-state index in [4.69, 9.17) is 9.47 Å². The number of Topliss-reactive ketones (excluding diaryl/α,β-unsaturated/α-hetero) is 1. The Hall–Kier alpha value is -1.59. The Balaban J connectivity index is 3.27. The molecule has 0 aromatic heterocycles. The maximum Gasteiger partial charge on any atom is 0.264 e. The van der Waals surface area contributed by atoms with Crippen LogP contribution in [0.25, 0.3) is 0 Å². The van der Waals surface area contributed by atoms with Crippen LogP contribution in [-0.2, 0) is 24.8 Å².